The van der Waals surface area contributed by atoms with Crippen molar-refractivity contribution in [3.05, 3.63) is 120 Å². The van der Waals surface area contributed by atoms with Gasteiger partial charge < -0.3 is 14.2 Å². The average molecular weight is 601 g/mol. The van der Waals surface area contributed by atoms with Crippen LogP contribution in [0.3, 0.4) is 0 Å². The van der Waals surface area contributed by atoms with Crippen LogP contribution in [0, 0.1) is 0 Å². The highest BCUT2D eigenvalue weighted by Crippen LogP contribution is 2.19. The van der Waals surface area contributed by atoms with Gasteiger partial charge in [-0.1, -0.05) is 67.6 Å². The first-order valence-electron chi connectivity index (χ1n) is 15.8. The van der Waals surface area contributed by atoms with Crippen molar-refractivity contribution in [3.8, 4) is 11.5 Å². The zero-order valence-corrected chi connectivity index (χ0v) is 26.1. The van der Waals surface area contributed by atoms with Crippen LogP contribution in [0.1, 0.15) is 73.6 Å². The molecule has 0 bridgehead atoms. The van der Waals surface area contributed by atoms with Gasteiger partial charge in [0.2, 0.25) is 0 Å². The summed E-state index contributed by atoms with van der Waals surface area (Å²) in [4.78, 5) is 21.0. The van der Waals surface area contributed by atoms with Crippen molar-refractivity contribution in [1.82, 2.24) is 0 Å². The third kappa shape index (κ3) is 15.0. The van der Waals surface area contributed by atoms with Gasteiger partial charge in [0.15, 0.2) is 0 Å². The van der Waals surface area contributed by atoms with Crippen molar-refractivity contribution in [2.45, 2.75) is 64.2 Å². The van der Waals surface area contributed by atoms with Gasteiger partial charge in [-0.2, -0.15) is 0 Å². The number of hydrogen-bond acceptors (Lipinski definition) is 6. The maximum absolute atomic E-state index is 11.0. The van der Waals surface area contributed by atoms with E-state index in [-0.39, 0.29) is 5.97 Å². The normalized spacial score (nSPS) is 10.7. The van der Waals surface area contributed by atoms with Crippen LogP contribution in [0.25, 0.3) is 0 Å². The minimum Gasteiger partial charge on any atom is -0.494 e. The first-order chi connectivity index (χ1) is 21.7. The molecule has 0 atom stereocenters. The Morgan fingerprint density at radius 3 is 1.36 bits per heavy atom. The van der Waals surface area contributed by atoms with E-state index in [1.165, 1.54) is 28.3 Å². The van der Waals surface area contributed by atoms with Crippen LogP contribution < -0.4 is 9.47 Å². The molecule has 236 valence electrons. The lowest BCUT2D eigenvalue weighted by molar-refractivity contribution is -0.286. The van der Waals surface area contributed by atoms with Crippen LogP contribution in [0.4, 0.5) is 0 Å². The predicted octanol–water partition coefficient (Wildman–Crippen LogP) is 8.61. The minimum absolute atomic E-state index is 0.356. The number of unbranched alkanes of at least 4 members (excludes halogenated alkanes) is 6. The maximum atomic E-state index is 11.0. The van der Waals surface area contributed by atoms with Crippen LogP contribution in [0.15, 0.2) is 98.1 Å². The van der Waals surface area contributed by atoms with Gasteiger partial charge in [-0.25, -0.2) is 14.6 Å². The van der Waals surface area contributed by atoms with Gasteiger partial charge in [0.05, 0.1) is 26.4 Å². The molecule has 0 aliphatic rings. The second-order valence-corrected chi connectivity index (χ2v) is 10.8. The third-order valence-electron chi connectivity index (χ3n) is 7.06. The largest absolute Gasteiger partial charge is 0.494 e. The van der Waals surface area contributed by atoms with Crippen molar-refractivity contribution >= 4 is 5.97 Å². The van der Waals surface area contributed by atoms with Gasteiger partial charge in [-0.05, 0) is 104 Å². The van der Waals surface area contributed by atoms with E-state index in [1.807, 2.05) is 12.1 Å². The third-order valence-corrected chi connectivity index (χ3v) is 7.06. The fourth-order valence-electron chi connectivity index (χ4n) is 4.59. The number of benzene rings is 3. The predicted molar refractivity (Wildman–Crippen MR) is 176 cm³/mol. The minimum atomic E-state index is -0.356. The summed E-state index contributed by atoms with van der Waals surface area (Å²) in [7, 11) is 0. The molecule has 0 spiro atoms. The van der Waals surface area contributed by atoms with E-state index < -0.39 is 0 Å². The highest BCUT2D eigenvalue weighted by Gasteiger charge is 2.03. The summed E-state index contributed by atoms with van der Waals surface area (Å²) in [6.07, 6.45) is 12.8. The molecule has 0 radical (unpaired) electrons. The Balaban J connectivity index is 1.27. The summed E-state index contributed by atoms with van der Waals surface area (Å²) in [6, 6.07) is 25.7. The molecular formula is C38H48O6. The molecule has 0 saturated carbocycles. The molecule has 6 nitrogen and oxygen atoms in total. The van der Waals surface area contributed by atoms with Gasteiger partial charge in [0.25, 0.3) is 0 Å². The summed E-state index contributed by atoms with van der Waals surface area (Å²) >= 11 is 0. The number of hydrogen-bond donors (Lipinski definition) is 0. The van der Waals surface area contributed by atoms with Crippen LogP contribution >= 0.6 is 0 Å². The summed E-state index contributed by atoms with van der Waals surface area (Å²) in [5.74, 6) is 1.46. The molecule has 3 aromatic carbocycles. The van der Waals surface area contributed by atoms with Crippen LogP contribution in [0.2, 0.25) is 0 Å². The van der Waals surface area contributed by atoms with E-state index in [0.29, 0.717) is 26.4 Å². The Hall–Kier alpha value is -3.87. The number of carbonyl (C=O) groups excluding carboxylic acids is 1. The number of ether oxygens (including phenoxy) is 3. The first kappa shape index (κ1) is 34.6. The molecule has 3 aromatic rings. The summed E-state index contributed by atoms with van der Waals surface area (Å²) in [6.45, 7) is 9.88. The Bertz CT molecular complexity index is 1200. The smallest absolute Gasteiger partial charge is 0.330 e. The van der Waals surface area contributed by atoms with E-state index in [1.54, 1.807) is 6.08 Å². The SMILES string of the molecule is C=CCOOCCCCCCOc1ccc(Cc2ccc(Cc3ccc(OCCCCCCOC(=O)C=C)cc3)cc2)cc1. The second kappa shape index (κ2) is 21.8. The molecular weight excluding hydrogens is 552 g/mol. The van der Waals surface area contributed by atoms with Gasteiger partial charge in [-0.15, -0.1) is 6.58 Å². The maximum Gasteiger partial charge on any atom is 0.330 e. The van der Waals surface area contributed by atoms with E-state index in [2.05, 4.69) is 73.8 Å². The topological polar surface area (TPSA) is 63.2 Å². The van der Waals surface area contributed by atoms with Crippen molar-refractivity contribution in [3.63, 3.8) is 0 Å². The molecule has 0 N–H and O–H groups in total. The van der Waals surface area contributed by atoms with Gasteiger partial charge in [0, 0.05) is 6.08 Å². The Morgan fingerprint density at radius 2 is 0.932 bits per heavy atom. The molecule has 0 aliphatic heterocycles. The zero-order valence-electron chi connectivity index (χ0n) is 26.1. The highest BCUT2D eigenvalue weighted by molar-refractivity contribution is 5.81. The Labute approximate surface area is 263 Å². The molecule has 0 unspecified atom stereocenters. The Kier molecular flexibility index (Phi) is 17.1. The van der Waals surface area contributed by atoms with Gasteiger partial charge in [0.1, 0.15) is 18.1 Å². The molecule has 0 heterocycles. The van der Waals surface area contributed by atoms with Crippen LogP contribution in [-0.2, 0) is 32.1 Å². The monoisotopic (exact) mass is 600 g/mol. The number of esters is 1. The van der Waals surface area contributed by atoms with Gasteiger partial charge >= 0.3 is 5.97 Å². The average Bonchev–Trinajstić information content (AvgIpc) is 3.05. The van der Waals surface area contributed by atoms with E-state index in [9.17, 15) is 4.79 Å². The fraction of sp³-hybridized carbons (Fsp3) is 0.395. The lowest BCUT2D eigenvalue weighted by Crippen LogP contribution is -2.02. The van der Waals surface area contributed by atoms with E-state index >= 15 is 0 Å². The van der Waals surface area contributed by atoms with Gasteiger partial charge in [-0.3, -0.25) is 0 Å². The number of rotatable bonds is 24. The molecule has 0 saturated heterocycles. The van der Waals surface area contributed by atoms with Crippen molar-refractivity contribution in [2.24, 2.45) is 0 Å². The fourth-order valence-corrected chi connectivity index (χ4v) is 4.59. The van der Waals surface area contributed by atoms with Crippen molar-refractivity contribution in [2.75, 3.05) is 33.0 Å². The molecule has 0 aromatic heterocycles. The van der Waals surface area contributed by atoms with Crippen molar-refractivity contribution in [1.29, 1.82) is 0 Å². The molecule has 6 heteroatoms. The molecule has 0 aliphatic carbocycles. The highest BCUT2D eigenvalue weighted by atomic mass is 17.2. The molecule has 0 amide bonds. The molecule has 44 heavy (non-hydrogen) atoms. The molecule has 0 fully saturated rings. The molecule has 3 rings (SSSR count). The summed E-state index contributed by atoms with van der Waals surface area (Å²) in [5.41, 5.74) is 5.12. The standard InChI is InChI=1S/C38H48O6/c1-3-25-43-44-29-12-8-7-10-27-41-37-23-19-35(20-24-37)31-33-15-13-32(14-16-33)30-34-17-21-36(22-18-34)40-26-9-5-6-11-28-42-38(39)4-2/h3-4,13-24H,1-2,5-12,25-31H2. The zero-order chi connectivity index (χ0) is 31.1. The lowest BCUT2D eigenvalue weighted by atomic mass is 10.0. The van der Waals surface area contributed by atoms with E-state index in [0.717, 1.165) is 82.3 Å². The lowest BCUT2D eigenvalue weighted by Gasteiger charge is -2.09. The van der Waals surface area contributed by atoms with Crippen LogP contribution in [0.5, 0.6) is 11.5 Å². The second-order valence-electron chi connectivity index (χ2n) is 10.8. The Morgan fingerprint density at radius 1 is 0.523 bits per heavy atom. The number of carbonyl (C=O) groups is 1. The quantitative estimate of drug-likeness (QED) is 0.0256. The van der Waals surface area contributed by atoms with Crippen molar-refractivity contribution < 1.29 is 28.8 Å². The van der Waals surface area contributed by atoms with Crippen LogP contribution in [-0.4, -0.2) is 39.0 Å². The summed E-state index contributed by atoms with van der Waals surface area (Å²) in [5, 5.41) is 0. The first-order valence-corrected chi connectivity index (χ1v) is 15.8. The summed E-state index contributed by atoms with van der Waals surface area (Å²) < 4.78 is 16.8. The van der Waals surface area contributed by atoms with E-state index in [4.69, 9.17) is 24.0 Å².